The summed E-state index contributed by atoms with van der Waals surface area (Å²) in [4.78, 5) is 12.4. The Morgan fingerprint density at radius 2 is 1.97 bits per heavy atom. The molecule has 0 radical (unpaired) electrons. The quantitative estimate of drug-likeness (QED) is 0.494. The first-order valence-corrected chi connectivity index (χ1v) is 9.38. The molecule has 0 atom stereocenters. The van der Waals surface area contributed by atoms with Crippen LogP contribution in [0.15, 0.2) is 63.9 Å². The zero-order chi connectivity index (χ0) is 20.9. The van der Waals surface area contributed by atoms with Crippen LogP contribution in [-0.2, 0) is 17.8 Å². The zero-order valence-electron chi connectivity index (χ0n) is 16.6. The molecule has 2 aromatic heterocycles. The molecular formula is C22H20N4O4. The normalized spacial score (nSPS) is 10.7. The van der Waals surface area contributed by atoms with E-state index in [2.05, 4.69) is 20.7 Å². The summed E-state index contributed by atoms with van der Waals surface area (Å²) >= 11 is 0. The third-order valence-electron chi connectivity index (χ3n) is 4.61. The van der Waals surface area contributed by atoms with Gasteiger partial charge in [-0.1, -0.05) is 23.4 Å². The Morgan fingerprint density at radius 1 is 1.13 bits per heavy atom. The third-order valence-corrected chi connectivity index (χ3v) is 4.61. The van der Waals surface area contributed by atoms with Crippen molar-refractivity contribution < 1.29 is 18.5 Å². The number of anilines is 1. The van der Waals surface area contributed by atoms with E-state index < -0.39 is 0 Å². The average molecular weight is 404 g/mol. The molecule has 0 bridgehead atoms. The van der Waals surface area contributed by atoms with Crippen molar-refractivity contribution >= 4 is 11.6 Å². The summed E-state index contributed by atoms with van der Waals surface area (Å²) in [6, 6.07) is 14.7. The van der Waals surface area contributed by atoms with Crippen LogP contribution in [0.5, 0.6) is 5.75 Å². The molecule has 8 nitrogen and oxygen atoms in total. The molecule has 0 fully saturated rings. The average Bonchev–Trinajstić information content (AvgIpc) is 3.38. The van der Waals surface area contributed by atoms with Gasteiger partial charge in [-0.3, -0.25) is 4.79 Å². The summed E-state index contributed by atoms with van der Waals surface area (Å²) in [6.45, 7) is 4.13. The maximum absolute atomic E-state index is 12.4. The molecule has 8 heteroatoms. The molecule has 152 valence electrons. The second kappa shape index (κ2) is 8.60. The molecule has 1 amide bonds. The van der Waals surface area contributed by atoms with Gasteiger partial charge in [0.05, 0.1) is 17.7 Å². The van der Waals surface area contributed by atoms with Crippen molar-refractivity contribution in [3.8, 4) is 17.2 Å². The fraction of sp³-hybridized carbons (Fsp3) is 0.182. The lowest BCUT2D eigenvalue weighted by Gasteiger charge is -2.08. The molecule has 4 rings (SSSR count). The van der Waals surface area contributed by atoms with Crippen molar-refractivity contribution in [2.75, 3.05) is 5.32 Å². The highest BCUT2D eigenvalue weighted by molar-refractivity contribution is 5.92. The molecule has 0 saturated heterocycles. The van der Waals surface area contributed by atoms with E-state index >= 15 is 0 Å². The minimum Gasteiger partial charge on any atom is -0.489 e. The van der Waals surface area contributed by atoms with Gasteiger partial charge in [0, 0.05) is 11.3 Å². The summed E-state index contributed by atoms with van der Waals surface area (Å²) in [7, 11) is 0. The van der Waals surface area contributed by atoms with E-state index in [0.29, 0.717) is 23.9 Å². The number of aryl methyl sites for hydroxylation is 2. The number of aromatic nitrogens is 3. The zero-order valence-corrected chi connectivity index (χ0v) is 16.6. The number of hydrogen-bond acceptors (Lipinski definition) is 7. The molecule has 0 aliphatic carbocycles. The standard InChI is InChI=1S/C22H20N4O4/c1-14-20(15(2)30-26-14)12-28-19-8-6-16(7-9-19)10-21(27)24-18-5-3-4-17(11-18)22-25-23-13-29-22/h3-9,11,13H,10,12H2,1-2H3,(H,24,27). The van der Waals surface area contributed by atoms with Gasteiger partial charge in [0.15, 0.2) is 0 Å². The van der Waals surface area contributed by atoms with Gasteiger partial charge in [-0.25, -0.2) is 0 Å². The van der Waals surface area contributed by atoms with Gasteiger partial charge in [-0.2, -0.15) is 0 Å². The molecule has 2 heterocycles. The Bertz CT molecular complexity index is 1110. The maximum atomic E-state index is 12.4. The molecule has 4 aromatic rings. The molecule has 0 aliphatic heterocycles. The Balaban J connectivity index is 1.33. The summed E-state index contributed by atoms with van der Waals surface area (Å²) in [6.07, 6.45) is 1.51. The summed E-state index contributed by atoms with van der Waals surface area (Å²) in [5.74, 6) is 1.75. The van der Waals surface area contributed by atoms with Crippen molar-refractivity contribution in [2.45, 2.75) is 26.9 Å². The highest BCUT2D eigenvalue weighted by Crippen LogP contribution is 2.21. The molecule has 30 heavy (non-hydrogen) atoms. The van der Waals surface area contributed by atoms with Crippen LogP contribution in [0.1, 0.15) is 22.6 Å². The summed E-state index contributed by atoms with van der Waals surface area (Å²) in [5.41, 5.74) is 4.05. The minimum absolute atomic E-state index is 0.123. The molecule has 0 spiro atoms. The van der Waals surface area contributed by atoms with Crippen LogP contribution in [0.25, 0.3) is 11.5 Å². The number of amides is 1. The molecule has 0 saturated carbocycles. The first-order valence-electron chi connectivity index (χ1n) is 9.38. The van der Waals surface area contributed by atoms with Crippen molar-refractivity contribution in [1.29, 1.82) is 0 Å². The molecule has 2 aromatic carbocycles. The van der Waals surface area contributed by atoms with Gasteiger partial charge in [0.2, 0.25) is 18.2 Å². The van der Waals surface area contributed by atoms with Crippen LogP contribution in [-0.4, -0.2) is 21.3 Å². The number of rotatable bonds is 7. The van der Waals surface area contributed by atoms with Crippen LogP contribution in [0.3, 0.4) is 0 Å². The van der Waals surface area contributed by atoms with E-state index in [-0.39, 0.29) is 12.3 Å². The second-order valence-electron chi connectivity index (χ2n) is 6.78. The topological polar surface area (TPSA) is 103 Å². The summed E-state index contributed by atoms with van der Waals surface area (Å²) in [5, 5.41) is 14.3. The molecule has 1 N–H and O–H groups in total. The van der Waals surface area contributed by atoms with Crippen molar-refractivity contribution in [1.82, 2.24) is 15.4 Å². The van der Waals surface area contributed by atoms with Gasteiger partial charge in [-0.05, 0) is 49.7 Å². The number of nitrogens with one attached hydrogen (secondary N) is 1. The lowest BCUT2D eigenvalue weighted by molar-refractivity contribution is -0.115. The summed E-state index contributed by atoms with van der Waals surface area (Å²) < 4.78 is 16.1. The Hall–Kier alpha value is -3.94. The fourth-order valence-electron chi connectivity index (χ4n) is 2.99. The van der Waals surface area contributed by atoms with E-state index in [9.17, 15) is 4.79 Å². The van der Waals surface area contributed by atoms with E-state index in [1.807, 2.05) is 56.3 Å². The Labute approximate surface area is 172 Å². The predicted octanol–water partition coefficient (Wildman–Crippen LogP) is 4.10. The Kier molecular flexibility index (Phi) is 5.56. The van der Waals surface area contributed by atoms with Crippen LogP contribution >= 0.6 is 0 Å². The number of benzene rings is 2. The number of ether oxygens (including phenoxy) is 1. The van der Waals surface area contributed by atoms with Crippen molar-refractivity contribution in [3.63, 3.8) is 0 Å². The SMILES string of the molecule is Cc1noc(C)c1COc1ccc(CC(=O)Nc2cccc(-c3nnco3)c2)cc1. The minimum atomic E-state index is -0.123. The number of carbonyl (C=O) groups excluding carboxylic acids is 1. The first-order chi connectivity index (χ1) is 14.6. The van der Waals surface area contributed by atoms with Gasteiger partial charge in [-0.15, -0.1) is 10.2 Å². The molecular weight excluding hydrogens is 384 g/mol. The molecule has 0 aliphatic rings. The number of carbonyl (C=O) groups is 1. The van der Waals surface area contributed by atoms with Gasteiger partial charge in [0.25, 0.3) is 0 Å². The second-order valence-corrected chi connectivity index (χ2v) is 6.78. The van der Waals surface area contributed by atoms with E-state index in [4.69, 9.17) is 13.7 Å². The van der Waals surface area contributed by atoms with Crippen LogP contribution < -0.4 is 10.1 Å². The van der Waals surface area contributed by atoms with Gasteiger partial charge < -0.3 is 19.0 Å². The smallest absolute Gasteiger partial charge is 0.247 e. The third kappa shape index (κ3) is 4.54. The first kappa shape index (κ1) is 19.4. The fourth-order valence-corrected chi connectivity index (χ4v) is 2.99. The maximum Gasteiger partial charge on any atom is 0.247 e. The van der Waals surface area contributed by atoms with E-state index in [0.717, 1.165) is 28.1 Å². The highest BCUT2D eigenvalue weighted by Gasteiger charge is 2.10. The van der Waals surface area contributed by atoms with Gasteiger partial charge in [0.1, 0.15) is 18.1 Å². The number of hydrogen-bond donors (Lipinski definition) is 1. The van der Waals surface area contributed by atoms with E-state index in [1.54, 1.807) is 6.07 Å². The van der Waals surface area contributed by atoms with Gasteiger partial charge >= 0.3 is 0 Å². The van der Waals surface area contributed by atoms with Crippen LogP contribution in [0, 0.1) is 13.8 Å². The lowest BCUT2D eigenvalue weighted by Crippen LogP contribution is -2.14. The highest BCUT2D eigenvalue weighted by atomic mass is 16.5. The van der Waals surface area contributed by atoms with Crippen LogP contribution in [0.4, 0.5) is 5.69 Å². The number of nitrogens with zero attached hydrogens (tertiary/aromatic N) is 3. The monoisotopic (exact) mass is 404 g/mol. The lowest BCUT2D eigenvalue weighted by atomic mass is 10.1. The van der Waals surface area contributed by atoms with Crippen molar-refractivity contribution in [3.05, 3.63) is 77.5 Å². The van der Waals surface area contributed by atoms with Crippen LogP contribution in [0.2, 0.25) is 0 Å². The largest absolute Gasteiger partial charge is 0.489 e. The molecule has 0 unspecified atom stereocenters. The van der Waals surface area contributed by atoms with Crippen molar-refractivity contribution in [2.24, 2.45) is 0 Å². The van der Waals surface area contributed by atoms with E-state index in [1.165, 1.54) is 6.39 Å². The Morgan fingerprint density at radius 3 is 2.67 bits per heavy atom. The predicted molar refractivity (Wildman–Crippen MR) is 109 cm³/mol.